The molecule has 1 aromatic carbocycles. The smallest absolute Gasteiger partial charge is 0.204 e. The van der Waals surface area contributed by atoms with Crippen LogP contribution in [0, 0.1) is 23.6 Å². The fourth-order valence-electron chi connectivity index (χ4n) is 2.64. The molecule has 1 fully saturated rings. The summed E-state index contributed by atoms with van der Waals surface area (Å²) >= 11 is 0. The zero-order chi connectivity index (χ0) is 14.8. The molecule has 1 aromatic rings. The van der Waals surface area contributed by atoms with Gasteiger partial charge in [-0.2, -0.15) is 0 Å². The molecule has 2 aliphatic rings. The van der Waals surface area contributed by atoms with Crippen LogP contribution in [0.1, 0.15) is 28.8 Å². The van der Waals surface area contributed by atoms with Crippen molar-refractivity contribution in [3.63, 3.8) is 0 Å². The van der Waals surface area contributed by atoms with Crippen LogP contribution in [0.15, 0.2) is 6.07 Å². The van der Waals surface area contributed by atoms with E-state index in [1.165, 1.54) is 13.2 Å². The Morgan fingerprint density at radius 2 is 2.19 bits per heavy atom. The van der Waals surface area contributed by atoms with Crippen LogP contribution in [0.25, 0.3) is 0 Å². The lowest BCUT2D eigenvalue weighted by atomic mass is 9.98. The Morgan fingerprint density at radius 1 is 1.43 bits per heavy atom. The highest BCUT2D eigenvalue weighted by Gasteiger charge is 2.28. The lowest BCUT2D eigenvalue weighted by Gasteiger charge is -2.17. The summed E-state index contributed by atoms with van der Waals surface area (Å²) in [7, 11) is 1.39. The van der Waals surface area contributed by atoms with E-state index in [4.69, 9.17) is 9.47 Å². The summed E-state index contributed by atoms with van der Waals surface area (Å²) in [6.07, 6.45) is 1.93. The van der Waals surface area contributed by atoms with Crippen LogP contribution in [-0.4, -0.2) is 32.6 Å². The van der Waals surface area contributed by atoms with Crippen LogP contribution in [0.4, 0.5) is 4.39 Å². The third kappa shape index (κ3) is 2.59. The molecule has 0 amide bonds. The molecule has 0 unspecified atom stereocenters. The molecule has 0 bridgehead atoms. The van der Waals surface area contributed by atoms with Gasteiger partial charge >= 0.3 is 0 Å². The van der Waals surface area contributed by atoms with E-state index in [0.29, 0.717) is 11.3 Å². The Balaban J connectivity index is 2.02. The Bertz CT molecular complexity index is 639. The van der Waals surface area contributed by atoms with E-state index in [1.54, 1.807) is 0 Å². The molecule has 2 heterocycles. The summed E-state index contributed by atoms with van der Waals surface area (Å²) in [6, 6.07) is 1.17. The second-order valence-corrected chi connectivity index (χ2v) is 5.15. The number of hydrogen-bond acceptors (Lipinski definition) is 4. The van der Waals surface area contributed by atoms with Crippen molar-refractivity contribution in [1.29, 1.82) is 0 Å². The predicted octanol–water partition coefficient (Wildman–Crippen LogP) is 1.76. The van der Waals surface area contributed by atoms with E-state index < -0.39 is 5.82 Å². The van der Waals surface area contributed by atoms with Crippen LogP contribution in [0.2, 0.25) is 0 Å². The van der Waals surface area contributed by atoms with Gasteiger partial charge in [-0.3, -0.25) is 4.79 Å². The largest absolute Gasteiger partial charge is 0.492 e. The average Bonchev–Trinajstić information content (AvgIpc) is 2.87. The predicted molar refractivity (Wildman–Crippen MR) is 75.2 cm³/mol. The van der Waals surface area contributed by atoms with Crippen molar-refractivity contribution in [3.8, 4) is 23.3 Å². The molecule has 1 N–H and O–H groups in total. The Kier molecular flexibility index (Phi) is 3.80. The van der Waals surface area contributed by atoms with Crippen molar-refractivity contribution in [3.05, 3.63) is 23.0 Å². The fraction of sp³-hybridized carbons (Fsp3) is 0.438. The van der Waals surface area contributed by atoms with Gasteiger partial charge in [-0.1, -0.05) is 11.8 Å². The quantitative estimate of drug-likeness (QED) is 0.800. The minimum Gasteiger partial charge on any atom is -0.492 e. The van der Waals surface area contributed by atoms with Gasteiger partial charge in [-0.05, 0) is 32.0 Å². The molecule has 0 saturated carbocycles. The van der Waals surface area contributed by atoms with Crippen molar-refractivity contribution in [2.45, 2.75) is 12.8 Å². The maximum Gasteiger partial charge on any atom is 0.204 e. The maximum atomic E-state index is 14.0. The lowest BCUT2D eigenvalue weighted by molar-refractivity contribution is 0.0961. The normalized spacial score (nSPS) is 17.7. The first kappa shape index (κ1) is 13.9. The summed E-state index contributed by atoms with van der Waals surface area (Å²) in [5.74, 6) is 5.99. The summed E-state index contributed by atoms with van der Waals surface area (Å²) < 4.78 is 24.5. The fourth-order valence-corrected chi connectivity index (χ4v) is 2.64. The number of fused-ring (bicyclic) bond motifs is 1. The van der Waals surface area contributed by atoms with Gasteiger partial charge in [0.15, 0.2) is 23.9 Å². The SMILES string of the molecule is COc1c(F)cc2c(c1C#CC1CCNCC1)OCC2=O. The number of ether oxygens (including phenoxy) is 2. The van der Waals surface area contributed by atoms with E-state index in [2.05, 4.69) is 17.2 Å². The minimum absolute atomic E-state index is 0.0462. The van der Waals surface area contributed by atoms with Crippen LogP contribution in [-0.2, 0) is 0 Å². The molecular formula is C16H16FNO3. The number of piperidine rings is 1. The van der Waals surface area contributed by atoms with Gasteiger partial charge in [0.25, 0.3) is 0 Å². The summed E-state index contributed by atoms with van der Waals surface area (Å²) in [4.78, 5) is 11.7. The monoisotopic (exact) mass is 289 g/mol. The standard InChI is InChI=1S/C16H16FNO3/c1-20-16-11(3-2-10-4-6-18-7-5-10)15-12(8-13(16)17)14(19)9-21-15/h8,10,18H,4-7,9H2,1H3. The highest BCUT2D eigenvalue weighted by molar-refractivity contribution is 6.03. The molecule has 0 atom stereocenters. The van der Waals surface area contributed by atoms with Crippen molar-refractivity contribution in [2.75, 3.05) is 26.8 Å². The average molecular weight is 289 g/mol. The first-order valence-corrected chi connectivity index (χ1v) is 6.99. The zero-order valence-electron chi connectivity index (χ0n) is 11.8. The molecule has 3 rings (SSSR count). The minimum atomic E-state index is -0.579. The highest BCUT2D eigenvalue weighted by Crippen LogP contribution is 2.37. The van der Waals surface area contributed by atoms with Gasteiger partial charge in [0.2, 0.25) is 5.78 Å². The van der Waals surface area contributed by atoms with Gasteiger partial charge in [0, 0.05) is 5.92 Å². The molecule has 4 nitrogen and oxygen atoms in total. The Labute approximate surface area is 122 Å². The molecule has 2 aliphatic heterocycles. The number of hydrogen-bond donors (Lipinski definition) is 1. The van der Waals surface area contributed by atoms with Crippen molar-refractivity contribution in [2.24, 2.45) is 5.92 Å². The molecule has 0 radical (unpaired) electrons. The molecule has 1 saturated heterocycles. The van der Waals surface area contributed by atoms with Gasteiger partial charge in [-0.15, -0.1) is 0 Å². The van der Waals surface area contributed by atoms with E-state index in [-0.39, 0.29) is 29.6 Å². The number of Topliss-reactive ketones (excluding diaryl/α,β-unsaturated/α-hetero) is 1. The first-order chi connectivity index (χ1) is 10.2. The number of carbonyl (C=O) groups excluding carboxylic acids is 1. The Hall–Kier alpha value is -2.06. The number of halogens is 1. The molecule has 0 aliphatic carbocycles. The zero-order valence-corrected chi connectivity index (χ0v) is 11.8. The molecule has 0 spiro atoms. The number of methoxy groups -OCH3 is 1. The van der Waals surface area contributed by atoms with E-state index in [9.17, 15) is 9.18 Å². The number of rotatable bonds is 1. The maximum absolute atomic E-state index is 14.0. The number of carbonyl (C=O) groups is 1. The highest BCUT2D eigenvalue weighted by atomic mass is 19.1. The second kappa shape index (κ2) is 5.74. The van der Waals surface area contributed by atoms with E-state index in [1.807, 2.05) is 0 Å². The van der Waals surface area contributed by atoms with Crippen molar-refractivity contribution < 1.29 is 18.7 Å². The third-order valence-corrected chi connectivity index (χ3v) is 3.78. The van der Waals surface area contributed by atoms with Crippen LogP contribution in [0.5, 0.6) is 11.5 Å². The second-order valence-electron chi connectivity index (χ2n) is 5.15. The number of ketones is 1. The summed E-state index contributed by atoms with van der Waals surface area (Å²) in [6.45, 7) is 1.81. The van der Waals surface area contributed by atoms with Gasteiger partial charge in [0.1, 0.15) is 5.56 Å². The molecule has 21 heavy (non-hydrogen) atoms. The molecule has 110 valence electrons. The molecule has 5 heteroatoms. The van der Waals surface area contributed by atoms with Gasteiger partial charge < -0.3 is 14.8 Å². The first-order valence-electron chi connectivity index (χ1n) is 6.99. The molecular weight excluding hydrogens is 273 g/mol. The Morgan fingerprint density at radius 3 is 2.90 bits per heavy atom. The number of benzene rings is 1. The van der Waals surface area contributed by atoms with Crippen LogP contribution >= 0.6 is 0 Å². The topological polar surface area (TPSA) is 47.6 Å². The van der Waals surface area contributed by atoms with E-state index >= 15 is 0 Å². The summed E-state index contributed by atoms with van der Waals surface area (Å²) in [5, 5.41) is 3.27. The van der Waals surface area contributed by atoms with Gasteiger partial charge in [-0.25, -0.2) is 4.39 Å². The van der Waals surface area contributed by atoms with Crippen molar-refractivity contribution in [1.82, 2.24) is 5.32 Å². The molecule has 0 aromatic heterocycles. The van der Waals surface area contributed by atoms with Crippen LogP contribution < -0.4 is 14.8 Å². The van der Waals surface area contributed by atoms with Gasteiger partial charge in [0.05, 0.1) is 12.7 Å². The number of nitrogens with one attached hydrogen (secondary N) is 1. The third-order valence-electron chi connectivity index (χ3n) is 3.78. The van der Waals surface area contributed by atoms with Crippen LogP contribution in [0.3, 0.4) is 0 Å². The lowest BCUT2D eigenvalue weighted by Crippen LogP contribution is -2.26. The van der Waals surface area contributed by atoms with E-state index in [0.717, 1.165) is 25.9 Å². The van der Waals surface area contributed by atoms with Crippen molar-refractivity contribution >= 4 is 5.78 Å². The summed E-state index contributed by atoms with van der Waals surface area (Å²) in [5.41, 5.74) is 0.597.